The summed E-state index contributed by atoms with van der Waals surface area (Å²) in [4.78, 5) is 0. The summed E-state index contributed by atoms with van der Waals surface area (Å²) in [6, 6.07) is 65.1. The van der Waals surface area contributed by atoms with Crippen LogP contribution in [0.1, 0.15) is 8.77 Å². The predicted molar refractivity (Wildman–Crippen MR) is 224 cm³/mol. The lowest BCUT2D eigenvalue weighted by Gasteiger charge is -2.18. The smallest absolute Gasteiger partial charge is 0.143 e. The van der Waals surface area contributed by atoms with E-state index in [2.05, 4.69) is 170 Å². The van der Waals surface area contributed by atoms with Gasteiger partial charge in [0.1, 0.15) is 22.3 Å². The van der Waals surface area contributed by atoms with E-state index in [0.717, 1.165) is 49.4 Å². The Hall–Kier alpha value is -6.90. The Kier molecular flexibility index (Phi) is 6.81. The zero-order valence-corrected chi connectivity index (χ0v) is 29.1. The van der Waals surface area contributed by atoms with Gasteiger partial charge >= 0.3 is 0 Å². The summed E-state index contributed by atoms with van der Waals surface area (Å²) >= 11 is 0. The van der Waals surface area contributed by atoms with E-state index in [1.165, 1.54) is 67.9 Å². The van der Waals surface area contributed by atoms with Crippen molar-refractivity contribution < 1.29 is 10.2 Å². The van der Waals surface area contributed by atoms with Crippen LogP contribution in [0.4, 0.5) is 0 Å². The fraction of sp³-hybridized carbons (Fsp3) is 0.0196. The summed E-state index contributed by atoms with van der Waals surface area (Å²) < 4.78 is 18.8. The lowest BCUT2D eigenvalue weighted by atomic mass is 9.85. The van der Waals surface area contributed by atoms with Gasteiger partial charge in [-0.1, -0.05) is 171 Å². The van der Waals surface area contributed by atoms with Crippen LogP contribution in [-0.4, -0.2) is 0 Å². The van der Waals surface area contributed by atoms with E-state index >= 15 is 0 Å². The largest absolute Gasteiger partial charge is 0.456 e. The van der Waals surface area contributed by atoms with E-state index in [-0.39, 0.29) is 0 Å². The number of furan rings is 2. The van der Waals surface area contributed by atoms with Crippen LogP contribution in [0.2, 0.25) is 0 Å². The van der Waals surface area contributed by atoms with Gasteiger partial charge in [0.25, 0.3) is 0 Å². The molecule has 0 atom stereocenters. The molecule has 0 spiro atoms. The zero-order chi connectivity index (χ0) is 36.2. The van der Waals surface area contributed by atoms with Gasteiger partial charge in [0.2, 0.25) is 0 Å². The molecular weight excluding hydrogens is 645 g/mol. The van der Waals surface area contributed by atoms with Crippen LogP contribution in [0, 0.1) is 0 Å². The first-order chi connectivity index (χ1) is 26.8. The van der Waals surface area contributed by atoms with Crippen LogP contribution in [0.25, 0.3) is 110 Å². The number of benzene rings is 9. The minimum atomic E-state index is 0.828. The summed E-state index contributed by atoms with van der Waals surface area (Å²) in [6.45, 7) is 0. The Balaban J connectivity index is 0.00000178. The molecular formula is C51H34O2. The van der Waals surface area contributed by atoms with Crippen molar-refractivity contribution in [1.82, 2.24) is 0 Å². The maximum Gasteiger partial charge on any atom is 0.143 e. The second-order valence-corrected chi connectivity index (χ2v) is 13.6. The first-order valence-electron chi connectivity index (χ1n) is 18.8. The molecule has 0 aliphatic carbocycles. The minimum Gasteiger partial charge on any atom is -0.456 e. The number of rotatable bonds is 4. The number of hydrogen-bond donors (Lipinski definition) is 0. The second kappa shape index (κ2) is 12.1. The molecule has 0 unspecified atom stereocenters. The van der Waals surface area contributed by atoms with Gasteiger partial charge in [-0.25, -0.2) is 0 Å². The summed E-state index contributed by atoms with van der Waals surface area (Å²) in [5, 5.41) is 9.24. The van der Waals surface area contributed by atoms with Gasteiger partial charge in [-0.2, -0.15) is 0 Å². The standard InChI is InChI=1S/C50H30O2.CH4/c1-2-11-31(12-3-1)32-21-23-33(24-22-32)34-25-27-35(28-26-34)48-37-14-4-6-16-39(37)49(40-17-7-5-15-38(40)48)42-19-10-18-41-44-29-43-36-13-8-9-20-45(36)51-46(43)30-47(44)52-50(41)42;/h1-30H;1H4/i;1D. The summed E-state index contributed by atoms with van der Waals surface area (Å²) in [5.74, 6) is 0. The van der Waals surface area contributed by atoms with Crippen molar-refractivity contribution in [1.29, 1.82) is 0 Å². The van der Waals surface area contributed by atoms with Gasteiger partial charge in [0.15, 0.2) is 0 Å². The quantitative estimate of drug-likeness (QED) is 0.173. The van der Waals surface area contributed by atoms with Gasteiger partial charge in [-0.15, -0.1) is 0 Å². The molecule has 0 fully saturated rings. The number of fused-ring (bicyclic) bond motifs is 8. The van der Waals surface area contributed by atoms with Crippen LogP contribution in [-0.2, 0) is 0 Å². The minimum absolute atomic E-state index is 0.828. The fourth-order valence-electron chi connectivity index (χ4n) is 8.26. The molecule has 0 aliphatic heterocycles. The predicted octanol–water partition coefficient (Wildman–Crippen LogP) is 15.1. The highest BCUT2D eigenvalue weighted by molar-refractivity contribution is 6.25. The highest BCUT2D eigenvalue weighted by Crippen LogP contribution is 2.47. The summed E-state index contributed by atoms with van der Waals surface area (Å²) in [5.41, 5.74) is 13.0. The van der Waals surface area contributed by atoms with E-state index in [0.29, 0.717) is 0 Å². The monoisotopic (exact) mass is 679 g/mol. The first kappa shape index (κ1) is 29.8. The van der Waals surface area contributed by atoms with Crippen molar-refractivity contribution in [2.45, 2.75) is 7.40 Å². The second-order valence-electron chi connectivity index (χ2n) is 13.6. The average molecular weight is 680 g/mol. The fourth-order valence-corrected chi connectivity index (χ4v) is 8.26. The summed E-state index contributed by atoms with van der Waals surface area (Å²) in [6.07, 6.45) is 0. The molecule has 2 heteroatoms. The third-order valence-electron chi connectivity index (χ3n) is 10.7. The highest BCUT2D eigenvalue weighted by atomic mass is 16.3. The third kappa shape index (κ3) is 4.80. The molecule has 9 aromatic carbocycles. The summed E-state index contributed by atoms with van der Waals surface area (Å²) in [7, 11) is 1.25. The van der Waals surface area contributed by atoms with E-state index in [1.54, 1.807) is 0 Å². The molecule has 2 aromatic heterocycles. The third-order valence-corrected chi connectivity index (χ3v) is 10.7. The molecule has 0 N–H and O–H groups in total. The Morgan fingerprint density at radius 2 is 0.755 bits per heavy atom. The van der Waals surface area contributed by atoms with Crippen LogP contribution in [0.15, 0.2) is 191 Å². The van der Waals surface area contributed by atoms with Crippen molar-refractivity contribution >= 4 is 65.4 Å². The molecule has 11 aromatic rings. The lowest BCUT2D eigenvalue weighted by Crippen LogP contribution is -1.91. The lowest BCUT2D eigenvalue weighted by molar-refractivity contribution is 0.656. The molecule has 0 saturated heterocycles. The first-order valence-corrected chi connectivity index (χ1v) is 17.8. The SMILES string of the molecule is [2H]C.c1ccc(-c2ccc(-c3ccc(-c4c5ccccc5c(-c5cccc6c5oc5cc7oc8ccccc8c7cc56)c5ccccc45)cc3)cc2)cc1. The van der Waals surface area contributed by atoms with Gasteiger partial charge in [-0.05, 0) is 67.1 Å². The van der Waals surface area contributed by atoms with Gasteiger partial charge in [0.05, 0.1) is 0 Å². The van der Waals surface area contributed by atoms with Gasteiger partial charge in [0, 0.05) is 40.1 Å². The Bertz CT molecular complexity index is 3090. The van der Waals surface area contributed by atoms with Crippen LogP contribution < -0.4 is 0 Å². The molecule has 53 heavy (non-hydrogen) atoms. The topological polar surface area (TPSA) is 26.3 Å². The molecule has 2 nitrogen and oxygen atoms in total. The van der Waals surface area contributed by atoms with E-state index < -0.39 is 0 Å². The Morgan fingerprint density at radius 3 is 1.38 bits per heavy atom. The number of hydrogen-bond acceptors (Lipinski definition) is 2. The normalized spacial score (nSPS) is 11.8. The maximum absolute atomic E-state index is 6.78. The molecule has 0 saturated carbocycles. The van der Waals surface area contributed by atoms with E-state index in [1.807, 2.05) is 12.1 Å². The van der Waals surface area contributed by atoms with Crippen LogP contribution in [0.3, 0.4) is 0 Å². The van der Waals surface area contributed by atoms with Crippen molar-refractivity contribution in [3.8, 4) is 44.5 Å². The van der Waals surface area contributed by atoms with Gasteiger partial charge in [-0.3, -0.25) is 0 Å². The van der Waals surface area contributed by atoms with Gasteiger partial charge < -0.3 is 8.83 Å². The molecule has 0 bridgehead atoms. The van der Waals surface area contributed by atoms with Crippen molar-refractivity contribution in [2.75, 3.05) is 0 Å². The van der Waals surface area contributed by atoms with E-state index in [9.17, 15) is 0 Å². The molecule has 0 amide bonds. The maximum atomic E-state index is 6.78. The molecule has 2 heterocycles. The van der Waals surface area contributed by atoms with Crippen molar-refractivity contribution in [3.63, 3.8) is 0 Å². The zero-order valence-electron chi connectivity index (χ0n) is 30.1. The van der Waals surface area contributed by atoms with Crippen molar-refractivity contribution in [3.05, 3.63) is 182 Å². The molecule has 0 radical (unpaired) electrons. The van der Waals surface area contributed by atoms with Crippen molar-refractivity contribution in [2.24, 2.45) is 0 Å². The highest BCUT2D eigenvalue weighted by Gasteiger charge is 2.21. The average Bonchev–Trinajstić information content (AvgIpc) is 3.80. The molecule has 0 aliphatic rings. The van der Waals surface area contributed by atoms with E-state index in [4.69, 9.17) is 10.2 Å². The molecule has 11 rings (SSSR count). The van der Waals surface area contributed by atoms with Crippen LogP contribution >= 0.6 is 0 Å². The van der Waals surface area contributed by atoms with Crippen LogP contribution in [0.5, 0.6) is 0 Å². The Labute approximate surface area is 308 Å². The molecule has 250 valence electrons. The number of para-hydroxylation sites is 2. The Morgan fingerprint density at radius 1 is 0.302 bits per heavy atom.